The van der Waals surface area contributed by atoms with E-state index in [1.807, 2.05) is 12.4 Å². The van der Waals surface area contributed by atoms with Crippen LogP contribution in [0.15, 0.2) is 42.8 Å². The maximum atomic E-state index is 5.58. The lowest BCUT2D eigenvalue weighted by molar-refractivity contribution is 0.840. The van der Waals surface area contributed by atoms with E-state index in [9.17, 15) is 0 Å². The van der Waals surface area contributed by atoms with Crippen molar-refractivity contribution in [3.63, 3.8) is 0 Å². The highest BCUT2D eigenvalue weighted by molar-refractivity contribution is 5.29. The number of nitrogens with zero attached hydrogens (tertiary/aromatic N) is 1. The standard InChI is InChI=1S/C12H14N2/c13-7-10-6-12(9-14-8-10)11-4-2-1-3-5-11/h1-4,6,8-9,11H,5,7,13H2. The van der Waals surface area contributed by atoms with E-state index in [-0.39, 0.29) is 0 Å². The van der Waals surface area contributed by atoms with E-state index in [0.717, 1.165) is 12.0 Å². The summed E-state index contributed by atoms with van der Waals surface area (Å²) in [6.07, 6.45) is 13.4. The molecule has 0 spiro atoms. The summed E-state index contributed by atoms with van der Waals surface area (Å²) in [5.41, 5.74) is 7.94. The minimum Gasteiger partial charge on any atom is -0.326 e. The summed E-state index contributed by atoms with van der Waals surface area (Å²) in [5.74, 6) is 0.471. The van der Waals surface area contributed by atoms with Crippen LogP contribution < -0.4 is 5.73 Å². The van der Waals surface area contributed by atoms with E-state index in [1.165, 1.54) is 5.56 Å². The Hall–Kier alpha value is -1.41. The van der Waals surface area contributed by atoms with Gasteiger partial charge in [0.15, 0.2) is 0 Å². The van der Waals surface area contributed by atoms with Gasteiger partial charge in [-0.1, -0.05) is 30.4 Å². The SMILES string of the molecule is NCc1cncc(C2C=CC=CC2)c1. The molecule has 0 saturated heterocycles. The molecule has 1 aromatic heterocycles. The van der Waals surface area contributed by atoms with Gasteiger partial charge in [0.2, 0.25) is 0 Å². The minimum absolute atomic E-state index is 0.471. The summed E-state index contributed by atoms with van der Waals surface area (Å²) < 4.78 is 0. The third-order valence-electron chi connectivity index (χ3n) is 2.46. The molecule has 0 aromatic carbocycles. The molecule has 1 unspecified atom stereocenters. The van der Waals surface area contributed by atoms with Crippen LogP contribution in [0.3, 0.4) is 0 Å². The Morgan fingerprint density at radius 1 is 1.36 bits per heavy atom. The van der Waals surface area contributed by atoms with Gasteiger partial charge in [0, 0.05) is 24.9 Å². The quantitative estimate of drug-likeness (QED) is 0.768. The lowest BCUT2D eigenvalue weighted by Gasteiger charge is -2.13. The first-order valence-electron chi connectivity index (χ1n) is 4.87. The van der Waals surface area contributed by atoms with Gasteiger partial charge in [0.05, 0.1) is 0 Å². The summed E-state index contributed by atoms with van der Waals surface area (Å²) in [5, 5.41) is 0. The first-order valence-corrected chi connectivity index (χ1v) is 4.87. The average molecular weight is 186 g/mol. The van der Waals surface area contributed by atoms with Gasteiger partial charge in [-0.05, 0) is 17.5 Å². The monoisotopic (exact) mass is 186 g/mol. The molecule has 1 aromatic rings. The molecule has 2 nitrogen and oxygen atoms in total. The van der Waals surface area contributed by atoms with Crippen LogP contribution in [0.25, 0.3) is 0 Å². The molecule has 0 radical (unpaired) electrons. The van der Waals surface area contributed by atoms with Crippen molar-refractivity contribution in [3.8, 4) is 0 Å². The third-order valence-corrected chi connectivity index (χ3v) is 2.46. The van der Waals surface area contributed by atoms with Crippen LogP contribution in [-0.2, 0) is 6.54 Å². The van der Waals surface area contributed by atoms with Crippen molar-refractivity contribution in [2.24, 2.45) is 5.73 Å². The molecular formula is C12H14N2. The maximum absolute atomic E-state index is 5.58. The molecule has 1 aliphatic rings. The van der Waals surface area contributed by atoms with Crippen LogP contribution >= 0.6 is 0 Å². The van der Waals surface area contributed by atoms with E-state index in [0.29, 0.717) is 12.5 Å². The molecular weight excluding hydrogens is 172 g/mol. The predicted octanol–water partition coefficient (Wildman–Crippen LogP) is 2.14. The van der Waals surface area contributed by atoms with Crippen molar-refractivity contribution in [3.05, 3.63) is 53.9 Å². The van der Waals surface area contributed by atoms with Gasteiger partial charge in [0.25, 0.3) is 0 Å². The predicted molar refractivity (Wildman–Crippen MR) is 57.8 cm³/mol. The Balaban J connectivity index is 2.23. The zero-order valence-corrected chi connectivity index (χ0v) is 8.06. The molecule has 14 heavy (non-hydrogen) atoms. The fourth-order valence-electron chi connectivity index (χ4n) is 1.65. The van der Waals surface area contributed by atoms with Gasteiger partial charge in [-0.15, -0.1) is 0 Å². The van der Waals surface area contributed by atoms with E-state index in [1.54, 1.807) is 0 Å². The summed E-state index contributed by atoms with van der Waals surface area (Å²) >= 11 is 0. The molecule has 1 aliphatic carbocycles. The Kier molecular flexibility index (Phi) is 2.75. The van der Waals surface area contributed by atoms with Gasteiger partial charge in [0.1, 0.15) is 0 Å². The Bertz CT molecular complexity index is 366. The van der Waals surface area contributed by atoms with Crippen molar-refractivity contribution >= 4 is 0 Å². The molecule has 2 heteroatoms. The number of hydrogen-bond acceptors (Lipinski definition) is 2. The van der Waals surface area contributed by atoms with E-state index in [2.05, 4.69) is 35.4 Å². The average Bonchev–Trinajstić information content (AvgIpc) is 2.30. The highest BCUT2D eigenvalue weighted by Crippen LogP contribution is 2.24. The zero-order valence-electron chi connectivity index (χ0n) is 8.06. The normalized spacial score (nSPS) is 19.9. The molecule has 72 valence electrons. The van der Waals surface area contributed by atoms with Crippen LogP contribution in [-0.4, -0.2) is 4.98 Å². The molecule has 2 rings (SSSR count). The third kappa shape index (κ3) is 1.91. The van der Waals surface area contributed by atoms with Crippen LogP contribution in [0.5, 0.6) is 0 Å². The molecule has 0 amide bonds. The highest BCUT2D eigenvalue weighted by Gasteiger charge is 2.08. The number of pyridine rings is 1. The van der Waals surface area contributed by atoms with Crippen molar-refractivity contribution in [1.82, 2.24) is 4.98 Å². The van der Waals surface area contributed by atoms with Crippen molar-refractivity contribution in [2.45, 2.75) is 18.9 Å². The van der Waals surface area contributed by atoms with Crippen molar-refractivity contribution < 1.29 is 0 Å². The van der Waals surface area contributed by atoms with Gasteiger partial charge in [-0.2, -0.15) is 0 Å². The van der Waals surface area contributed by atoms with Gasteiger partial charge >= 0.3 is 0 Å². The summed E-state index contributed by atoms with van der Waals surface area (Å²) in [7, 11) is 0. The number of nitrogens with two attached hydrogens (primary N) is 1. The fraction of sp³-hybridized carbons (Fsp3) is 0.250. The summed E-state index contributed by atoms with van der Waals surface area (Å²) in [4.78, 5) is 4.19. The minimum atomic E-state index is 0.471. The molecule has 2 N–H and O–H groups in total. The lowest BCUT2D eigenvalue weighted by atomic mass is 9.93. The van der Waals surface area contributed by atoms with Crippen LogP contribution in [0.1, 0.15) is 23.5 Å². The maximum Gasteiger partial charge on any atom is 0.0312 e. The second kappa shape index (κ2) is 4.20. The van der Waals surface area contributed by atoms with E-state index >= 15 is 0 Å². The van der Waals surface area contributed by atoms with Crippen LogP contribution in [0.2, 0.25) is 0 Å². The number of aromatic nitrogens is 1. The lowest BCUT2D eigenvalue weighted by Crippen LogP contribution is -2.01. The van der Waals surface area contributed by atoms with Gasteiger partial charge in [-0.25, -0.2) is 0 Å². The zero-order chi connectivity index (χ0) is 9.80. The molecule has 0 bridgehead atoms. The largest absolute Gasteiger partial charge is 0.326 e. The smallest absolute Gasteiger partial charge is 0.0312 e. The number of rotatable bonds is 2. The highest BCUT2D eigenvalue weighted by atomic mass is 14.6. The summed E-state index contributed by atoms with van der Waals surface area (Å²) in [6, 6.07) is 2.14. The second-order valence-corrected chi connectivity index (χ2v) is 3.49. The van der Waals surface area contributed by atoms with Crippen molar-refractivity contribution in [1.29, 1.82) is 0 Å². The number of allylic oxidation sites excluding steroid dienone is 4. The molecule has 0 saturated carbocycles. The Morgan fingerprint density at radius 3 is 3.00 bits per heavy atom. The molecule has 1 heterocycles. The second-order valence-electron chi connectivity index (χ2n) is 3.49. The fourth-order valence-corrected chi connectivity index (χ4v) is 1.65. The van der Waals surface area contributed by atoms with E-state index < -0.39 is 0 Å². The van der Waals surface area contributed by atoms with Crippen molar-refractivity contribution in [2.75, 3.05) is 0 Å². The first kappa shape index (κ1) is 9.16. The van der Waals surface area contributed by atoms with Crippen LogP contribution in [0.4, 0.5) is 0 Å². The van der Waals surface area contributed by atoms with Gasteiger partial charge in [-0.3, -0.25) is 4.98 Å². The number of hydrogen-bond donors (Lipinski definition) is 1. The first-order chi connectivity index (χ1) is 6.90. The molecule has 0 aliphatic heterocycles. The molecule has 0 fully saturated rings. The Morgan fingerprint density at radius 2 is 2.29 bits per heavy atom. The molecule has 1 atom stereocenters. The van der Waals surface area contributed by atoms with Crippen LogP contribution in [0, 0.1) is 0 Å². The summed E-state index contributed by atoms with van der Waals surface area (Å²) in [6.45, 7) is 0.563. The van der Waals surface area contributed by atoms with E-state index in [4.69, 9.17) is 5.73 Å². The van der Waals surface area contributed by atoms with Gasteiger partial charge < -0.3 is 5.73 Å². The topological polar surface area (TPSA) is 38.9 Å². The Labute approximate surface area is 84.2 Å².